The average Bonchev–Trinajstić information content (AvgIpc) is 2.35. The second-order valence-electron chi connectivity index (χ2n) is 4.26. The Morgan fingerprint density at radius 1 is 1.24 bits per heavy atom. The zero-order valence-corrected chi connectivity index (χ0v) is 9.94. The van der Waals surface area contributed by atoms with E-state index >= 15 is 0 Å². The summed E-state index contributed by atoms with van der Waals surface area (Å²) in [4.78, 5) is 16.3. The zero-order valence-electron chi connectivity index (χ0n) is 9.94. The van der Waals surface area contributed by atoms with E-state index in [2.05, 4.69) is 11.6 Å². The maximum Gasteiger partial charge on any atom is 0.182 e. The van der Waals surface area contributed by atoms with Crippen LogP contribution in [0.4, 0.5) is 0 Å². The van der Waals surface area contributed by atoms with Crippen LogP contribution in [-0.4, -0.2) is 10.8 Å². The molecule has 0 unspecified atom stereocenters. The van der Waals surface area contributed by atoms with Gasteiger partial charge in [-0.25, -0.2) is 0 Å². The molecule has 1 heterocycles. The fourth-order valence-electron chi connectivity index (χ4n) is 1.79. The number of ketones is 1. The summed E-state index contributed by atoms with van der Waals surface area (Å²) in [6, 6.07) is 9.75. The molecule has 2 heteroatoms. The van der Waals surface area contributed by atoms with Gasteiger partial charge in [-0.1, -0.05) is 29.8 Å². The summed E-state index contributed by atoms with van der Waals surface area (Å²) in [5.41, 5.74) is 1.60. The van der Waals surface area contributed by atoms with Gasteiger partial charge in [0, 0.05) is 18.0 Å². The molecule has 0 saturated carbocycles. The van der Waals surface area contributed by atoms with Crippen LogP contribution in [0.15, 0.2) is 48.7 Å². The minimum Gasteiger partial charge on any atom is -0.292 e. The van der Waals surface area contributed by atoms with Crippen LogP contribution in [0.2, 0.25) is 0 Å². The summed E-state index contributed by atoms with van der Waals surface area (Å²) < 4.78 is 0. The Balaban J connectivity index is 2.35. The molecule has 0 spiro atoms. The smallest absolute Gasteiger partial charge is 0.182 e. The van der Waals surface area contributed by atoms with Crippen molar-refractivity contribution in [1.29, 1.82) is 0 Å². The van der Waals surface area contributed by atoms with E-state index in [4.69, 9.17) is 0 Å². The van der Waals surface area contributed by atoms with Gasteiger partial charge in [0.15, 0.2) is 5.78 Å². The number of hydrogen-bond acceptors (Lipinski definition) is 2. The Morgan fingerprint density at radius 3 is 2.76 bits per heavy atom. The van der Waals surface area contributed by atoms with Gasteiger partial charge in [0.25, 0.3) is 0 Å². The van der Waals surface area contributed by atoms with E-state index in [1.165, 1.54) is 0 Å². The molecule has 0 aliphatic carbocycles. The maximum atomic E-state index is 12.1. The highest BCUT2D eigenvalue weighted by molar-refractivity contribution is 6.06. The Kier molecular flexibility index (Phi) is 3.33. The molecule has 17 heavy (non-hydrogen) atoms. The van der Waals surface area contributed by atoms with Gasteiger partial charge in [-0.3, -0.25) is 9.78 Å². The van der Waals surface area contributed by atoms with E-state index in [0.717, 1.165) is 22.8 Å². The quantitative estimate of drug-likeness (QED) is 0.585. The van der Waals surface area contributed by atoms with Gasteiger partial charge < -0.3 is 0 Å². The molecule has 0 fully saturated rings. The van der Waals surface area contributed by atoms with E-state index in [9.17, 15) is 4.79 Å². The largest absolute Gasteiger partial charge is 0.292 e. The highest BCUT2D eigenvalue weighted by atomic mass is 16.1. The standard InChI is InChI=1S/C15H15NO/c1-11(2)7-8-14(17)15-13-6-4-3-5-12(13)9-10-16-15/h3-6,9-10H,1,7-8H2,2H3. The van der Waals surface area contributed by atoms with Crippen molar-refractivity contribution in [3.05, 3.63) is 54.4 Å². The summed E-state index contributed by atoms with van der Waals surface area (Å²) in [5.74, 6) is 0.0878. The number of Topliss-reactive ketones (excluding diaryl/α,β-unsaturated/α-hetero) is 1. The number of carbonyl (C=O) groups excluding carboxylic acids is 1. The fourth-order valence-corrected chi connectivity index (χ4v) is 1.79. The van der Waals surface area contributed by atoms with Crippen LogP contribution in [0.3, 0.4) is 0 Å². The third-order valence-electron chi connectivity index (χ3n) is 2.72. The van der Waals surface area contributed by atoms with E-state index in [0.29, 0.717) is 12.1 Å². The Labute approximate surface area is 101 Å². The summed E-state index contributed by atoms with van der Waals surface area (Å²) in [6.07, 6.45) is 2.90. The normalized spacial score (nSPS) is 10.4. The van der Waals surface area contributed by atoms with Crippen molar-refractivity contribution >= 4 is 16.6 Å². The second-order valence-corrected chi connectivity index (χ2v) is 4.26. The van der Waals surface area contributed by atoms with Crippen molar-refractivity contribution in [2.45, 2.75) is 19.8 Å². The highest BCUT2D eigenvalue weighted by Gasteiger charge is 2.10. The molecular weight excluding hydrogens is 210 g/mol. The summed E-state index contributed by atoms with van der Waals surface area (Å²) >= 11 is 0. The molecule has 1 aromatic heterocycles. The lowest BCUT2D eigenvalue weighted by Gasteiger charge is -2.04. The fraction of sp³-hybridized carbons (Fsp3) is 0.200. The first-order valence-corrected chi connectivity index (χ1v) is 5.70. The zero-order chi connectivity index (χ0) is 12.3. The molecule has 86 valence electrons. The predicted octanol–water partition coefficient (Wildman–Crippen LogP) is 3.77. The van der Waals surface area contributed by atoms with Gasteiger partial charge in [-0.15, -0.1) is 6.58 Å². The highest BCUT2D eigenvalue weighted by Crippen LogP contribution is 2.18. The van der Waals surface area contributed by atoms with Crippen molar-refractivity contribution in [3.8, 4) is 0 Å². The Hall–Kier alpha value is -1.96. The molecule has 0 amide bonds. The number of rotatable bonds is 4. The van der Waals surface area contributed by atoms with Crippen LogP contribution >= 0.6 is 0 Å². The van der Waals surface area contributed by atoms with Crippen molar-refractivity contribution in [2.24, 2.45) is 0 Å². The molecule has 0 saturated heterocycles. The van der Waals surface area contributed by atoms with Gasteiger partial charge >= 0.3 is 0 Å². The molecule has 0 aliphatic rings. The SMILES string of the molecule is C=C(C)CCC(=O)c1nccc2ccccc12. The first-order valence-electron chi connectivity index (χ1n) is 5.70. The number of nitrogens with zero attached hydrogens (tertiary/aromatic N) is 1. The number of pyridine rings is 1. The first-order chi connectivity index (χ1) is 8.18. The van der Waals surface area contributed by atoms with Gasteiger partial charge in [0.2, 0.25) is 0 Å². The molecule has 0 N–H and O–H groups in total. The lowest BCUT2D eigenvalue weighted by Crippen LogP contribution is -2.03. The molecule has 0 atom stereocenters. The van der Waals surface area contributed by atoms with Crippen LogP contribution in [0.25, 0.3) is 10.8 Å². The Morgan fingerprint density at radius 2 is 2.00 bits per heavy atom. The van der Waals surface area contributed by atoms with E-state index < -0.39 is 0 Å². The monoisotopic (exact) mass is 225 g/mol. The van der Waals surface area contributed by atoms with Crippen molar-refractivity contribution in [1.82, 2.24) is 4.98 Å². The number of fused-ring (bicyclic) bond motifs is 1. The Bertz CT molecular complexity index is 567. The molecule has 0 radical (unpaired) electrons. The molecule has 2 rings (SSSR count). The molecule has 0 aliphatic heterocycles. The predicted molar refractivity (Wildman–Crippen MR) is 70.1 cm³/mol. The summed E-state index contributed by atoms with van der Waals surface area (Å²) in [7, 11) is 0. The maximum absolute atomic E-state index is 12.1. The molecule has 1 aromatic carbocycles. The minimum absolute atomic E-state index is 0.0878. The van der Waals surface area contributed by atoms with Crippen LogP contribution in [-0.2, 0) is 0 Å². The molecule has 2 nitrogen and oxygen atoms in total. The van der Waals surface area contributed by atoms with Crippen molar-refractivity contribution < 1.29 is 4.79 Å². The molecule has 2 aromatic rings. The van der Waals surface area contributed by atoms with Crippen molar-refractivity contribution in [3.63, 3.8) is 0 Å². The van der Waals surface area contributed by atoms with E-state index in [1.807, 2.05) is 37.3 Å². The van der Waals surface area contributed by atoms with Gasteiger partial charge in [-0.05, 0) is 24.8 Å². The van der Waals surface area contributed by atoms with Crippen LogP contribution in [0.5, 0.6) is 0 Å². The van der Waals surface area contributed by atoms with Crippen LogP contribution in [0, 0.1) is 0 Å². The van der Waals surface area contributed by atoms with E-state index in [-0.39, 0.29) is 5.78 Å². The second kappa shape index (κ2) is 4.91. The minimum atomic E-state index is 0.0878. The average molecular weight is 225 g/mol. The topological polar surface area (TPSA) is 30.0 Å². The van der Waals surface area contributed by atoms with Gasteiger partial charge in [0.1, 0.15) is 5.69 Å². The molecule has 0 bridgehead atoms. The summed E-state index contributed by atoms with van der Waals surface area (Å²) in [6.45, 7) is 5.74. The third-order valence-corrected chi connectivity index (χ3v) is 2.72. The summed E-state index contributed by atoms with van der Waals surface area (Å²) in [5, 5.41) is 1.99. The number of hydrogen-bond donors (Lipinski definition) is 0. The molecular formula is C15H15NO. The first kappa shape index (κ1) is 11.5. The van der Waals surface area contributed by atoms with Crippen molar-refractivity contribution in [2.75, 3.05) is 0 Å². The van der Waals surface area contributed by atoms with Gasteiger partial charge in [-0.2, -0.15) is 0 Å². The number of aromatic nitrogens is 1. The van der Waals surface area contributed by atoms with Crippen LogP contribution < -0.4 is 0 Å². The lowest BCUT2D eigenvalue weighted by atomic mass is 10.0. The third kappa shape index (κ3) is 2.59. The lowest BCUT2D eigenvalue weighted by molar-refractivity contribution is 0.0980. The number of benzene rings is 1. The van der Waals surface area contributed by atoms with Gasteiger partial charge in [0.05, 0.1) is 0 Å². The number of carbonyl (C=O) groups is 1. The van der Waals surface area contributed by atoms with Crippen LogP contribution in [0.1, 0.15) is 30.3 Å². The number of allylic oxidation sites excluding steroid dienone is 1. The van der Waals surface area contributed by atoms with E-state index in [1.54, 1.807) is 6.20 Å².